The van der Waals surface area contributed by atoms with Gasteiger partial charge in [0.2, 0.25) is 5.96 Å². The Hall–Kier alpha value is -1.47. The Morgan fingerprint density at radius 1 is 1.37 bits per heavy atom. The number of aliphatic imine (C=N–C) groups is 1. The number of benzene rings is 1. The van der Waals surface area contributed by atoms with Crippen molar-refractivity contribution in [1.29, 1.82) is 0 Å². The highest BCUT2D eigenvalue weighted by Crippen LogP contribution is 2.36. The largest absolute Gasteiger partial charge is 0.417 e. The molecule has 0 heterocycles. The van der Waals surface area contributed by atoms with Crippen LogP contribution >= 0.6 is 11.6 Å². The number of anilines is 1. The van der Waals surface area contributed by atoms with Crippen LogP contribution in [0.3, 0.4) is 0 Å². The summed E-state index contributed by atoms with van der Waals surface area (Å²) in [6, 6.07) is 3.41. The van der Waals surface area contributed by atoms with Crippen molar-refractivity contribution < 1.29 is 13.2 Å². The highest BCUT2D eigenvalue weighted by molar-refractivity contribution is 6.31. The molecule has 0 aliphatic heterocycles. The molecule has 0 saturated carbocycles. The van der Waals surface area contributed by atoms with Gasteiger partial charge in [-0.1, -0.05) is 11.6 Å². The summed E-state index contributed by atoms with van der Waals surface area (Å²) in [5.41, 5.74) is 1.55. The molecule has 1 aromatic carbocycles. The van der Waals surface area contributed by atoms with Gasteiger partial charge in [0.25, 0.3) is 0 Å². The normalized spacial score (nSPS) is 12.7. The Morgan fingerprint density at radius 2 is 2.00 bits per heavy atom. The molecule has 0 bridgehead atoms. The van der Waals surface area contributed by atoms with Crippen LogP contribution in [0.1, 0.15) is 19.4 Å². The zero-order valence-corrected chi connectivity index (χ0v) is 11.1. The summed E-state index contributed by atoms with van der Waals surface area (Å²) in [6.07, 6.45) is -4.51. The molecule has 106 valence electrons. The van der Waals surface area contributed by atoms with Gasteiger partial charge in [-0.05, 0) is 32.0 Å². The molecule has 1 aromatic rings. The predicted octanol–water partition coefficient (Wildman–Crippen LogP) is 3.00. The molecule has 0 aromatic heterocycles. The second kappa shape index (κ2) is 6.12. The molecule has 0 unspecified atom stereocenters. The SMILES string of the molecule is CC(C)N=C(NN)Nc1ccc(Cl)c(C(F)(F)F)c1. The van der Waals surface area contributed by atoms with Gasteiger partial charge in [-0.2, -0.15) is 13.2 Å². The van der Waals surface area contributed by atoms with Crippen LogP contribution < -0.4 is 16.6 Å². The van der Waals surface area contributed by atoms with E-state index in [-0.39, 0.29) is 22.7 Å². The zero-order valence-electron chi connectivity index (χ0n) is 10.3. The third-order valence-corrected chi connectivity index (χ3v) is 2.39. The van der Waals surface area contributed by atoms with Crippen molar-refractivity contribution in [2.45, 2.75) is 26.1 Å². The summed E-state index contributed by atoms with van der Waals surface area (Å²) in [7, 11) is 0. The van der Waals surface area contributed by atoms with E-state index in [0.717, 1.165) is 12.1 Å². The monoisotopic (exact) mass is 294 g/mol. The molecule has 8 heteroatoms. The van der Waals surface area contributed by atoms with Crippen molar-refractivity contribution in [3.63, 3.8) is 0 Å². The van der Waals surface area contributed by atoms with E-state index in [1.165, 1.54) is 6.07 Å². The zero-order chi connectivity index (χ0) is 14.6. The van der Waals surface area contributed by atoms with Gasteiger partial charge in [0.15, 0.2) is 0 Å². The molecule has 0 spiro atoms. The number of nitrogens with one attached hydrogen (secondary N) is 2. The first-order chi connectivity index (χ1) is 8.74. The molecule has 0 fully saturated rings. The van der Waals surface area contributed by atoms with Gasteiger partial charge in [0.1, 0.15) is 0 Å². The topological polar surface area (TPSA) is 62.4 Å². The van der Waals surface area contributed by atoms with E-state index >= 15 is 0 Å². The second-order valence-electron chi connectivity index (χ2n) is 4.03. The summed E-state index contributed by atoms with van der Waals surface area (Å²) in [5.74, 6) is 5.40. The van der Waals surface area contributed by atoms with Crippen LogP contribution in [0.4, 0.5) is 18.9 Å². The average molecular weight is 295 g/mol. The minimum absolute atomic E-state index is 0.0621. The van der Waals surface area contributed by atoms with E-state index < -0.39 is 11.7 Å². The van der Waals surface area contributed by atoms with Gasteiger partial charge in [0.05, 0.1) is 10.6 Å². The van der Waals surface area contributed by atoms with Gasteiger partial charge in [-0.3, -0.25) is 5.43 Å². The predicted molar refractivity (Wildman–Crippen MR) is 70.0 cm³/mol. The molecule has 0 aliphatic rings. The molecule has 4 N–H and O–H groups in total. The van der Waals surface area contributed by atoms with E-state index in [9.17, 15) is 13.2 Å². The number of hydrogen-bond acceptors (Lipinski definition) is 2. The van der Waals surface area contributed by atoms with E-state index in [2.05, 4.69) is 15.7 Å². The lowest BCUT2D eigenvalue weighted by molar-refractivity contribution is -0.137. The molecule has 1 rings (SSSR count). The van der Waals surface area contributed by atoms with Crippen molar-refractivity contribution >= 4 is 23.2 Å². The van der Waals surface area contributed by atoms with Crippen LogP contribution in [-0.2, 0) is 6.18 Å². The van der Waals surface area contributed by atoms with Gasteiger partial charge in [-0.25, -0.2) is 10.8 Å². The highest BCUT2D eigenvalue weighted by Gasteiger charge is 2.33. The molecule has 4 nitrogen and oxygen atoms in total. The first kappa shape index (κ1) is 15.6. The van der Waals surface area contributed by atoms with E-state index in [1.54, 1.807) is 0 Å². The average Bonchev–Trinajstić information content (AvgIpc) is 2.28. The third-order valence-electron chi connectivity index (χ3n) is 2.06. The summed E-state index contributed by atoms with van der Waals surface area (Å²) >= 11 is 5.52. The molecule has 0 atom stereocenters. The Morgan fingerprint density at radius 3 is 2.47 bits per heavy atom. The minimum atomic E-state index is -4.51. The maximum absolute atomic E-state index is 12.7. The summed E-state index contributed by atoms with van der Waals surface area (Å²) < 4.78 is 38.0. The molecular formula is C11H14ClF3N4. The van der Waals surface area contributed by atoms with Crippen molar-refractivity contribution in [2.75, 3.05) is 5.32 Å². The van der Waals surface area contributed by atoms with Crippen LogP contribution in [0.2, 0.25) is 5.02 Å². The fraction of sp³-hybridized carbons (Fsp3) is 0.364. The van der Waals surface area contributed by atoms with Gasteiger partial charge < -0.3 is 5.32 Å². The number of hydrogen-bond donors (Lipinski definition) is 3. The number of halogens is 4. The first-order valence-corrected chi connectivity index (χ1v) is 5.80. The highest BCUT2D eigenvalue weighted by atomic mass is 35.5. The van der Waals surface area contributed by atoms with Crippen molar-refractivity contribution in [1.82, 2.24) is 5.43 Å². The van der Waals surface area contributed by atoms with Crippen LogP contribution in [0.5, 0.6) is 0 Å². The van der Waals surface area contributed by atoms with Crippen LogP contribution in [-0.4, -0.2) is 12.0 Å². The molecule has 0 aliphatic carbocycles. The molecule has 0 saturated heterocycles. The summed E-state index contributed by atoms with van der Waals surface area (Å²) in [4.78, 5) is 4.06. The van der Waals surface area contributed by atoms with Crippen molar-refractivity contribution in [3.8, 4) is 0 Å². The van der Waals surface area contributed by atoms with Gasteiger partial charge in [-0.15, -0.1) is 0 Å². The Labute approximate surface area is 113 Å². The fourth-order valence-corrected chi connectivity index (χ4v) is 1.55. The lowest BCUT2D eigenvalue weighted by atomic mass is 10.2. The smallest absolute Gasteiger partial charge is 0.325 e. The number of hydrazine groups is 1. The standard InChI is InChI=1S/C11H14ClF3N4/c1-6(2)17-10(19-16)18-7-3-4-9(12)8(5-7)11(13,14)15/h3-6H,16H2,1-2H3,(H2,17,18,19). The molecule has 0 radical (unpaired) electrons. The number of rotatable bonds is 2. The number of guanidine groups is 1. The summed E-state index contributed by atoms with van der Waals surface area (Å²) in [6.45, 7) is 3.62. The quantitative estimate of drug-likeness (QED) is 0.340. The molecule has 0 amide bonds. The van der Waals surface area contributed by atoms with Crippen LogP contribution in [0.25, 0.3) is 0 Å². The maximum atomic E-state index is 12.7. The van der Waals surface area contributed by atoms with Gasteiger partial charge in [0, 0.05) is 11.7 Å². The van der Waals surface area contributed by atoms with Crippen LogP contribution in [0.15, 0.2) is 23.2 Å². The van der Waals surface area contributed by atoms with Crippen molar-refractivity contribution in [2.24, 2.45) is 10.8 Å². The fourth-order valence-electron chi connectivity index (χ4n) is 1.32. The minimum Gasteiger partial charge on any atom is -0.325 e. The lowest BCUT2D eigenvalue weighted by Crippen LogP contribution is -2.37. The first-order valence-electron chi connectivity index (χ1n) is 5.42. The third kappa shape index (κ3) is 4.60. The van der Waals surface area contributed by atoms with E-state index in [0.29, 0.717) is 0 Å². The second-order valence-corrected chi connectivity index (χ2v) is 4.44. The lowest BCUT2D eigenvalue weighted by Gasteiger charge is -2.14. The molecular weight excluding hydrogens is 281 g/mol. The Balaban J connectivity index is 3.03. The Bertz CT molecular complexity index is 471. The van der Waals surface area contributed by atoms with Crippen LogP contribution in [0, 0.1) is 0 Å². The Kier molecular flexibility index (Phi) is 5.02. The van der Waals surface area contributed by atoms with E-state index in [4.69, 9.17) is 17.4 Å². The van der Waals surface area contributed by atoms with Crippen molar-refractivity contribution in [3.05, 3.63) is 28.8 Å². The number of nitrogens with zero attached hydrogens (tertiary/aromatic N) is 1. The molecule has 19 heavy (non-hydrogen) atoms. The number of alkyl halides is 3. The number of nitrogens with two attached hydrogens (primary N) is 1. The maximum Gasteiger partial charge on any atom is 0.417 e. The van der Waals surface area contributed by atoms with E-state index in [1.807, 2.05) is 13.8 Å². The van der Waals surface area contributed by atoms with Gasteiger partial charge >= 0.3 is 6.18 Å². The summed E-state index contributed by atoms with van der Waals surface area (Å²) in [5, 5.41) is 2.29.